The maximum absolute atomic E-state index is 12.6. The Morgan fingerprint density at radius 3 is 1.90 bits per heavy atom. The van der Waals surface area contributed by atoms with Crippen LogP contribution in [0.5, 0.6) is 0 Å². The number of Topliss-reactive ketones (excluding diaryl/α,β-unsaturated/α-hetero) is 1. The molecule has 150 valence electrons. The Bertz CT molecular complexity index is 1140. The van der Waals surface area contributed by atoms with E-state index in [2.05, 4.69) is 19.1 Å². The fourth-order valence-corrected chi connectivity index (χ4v) is 3.68. The average Bonchev–Trinajstić information content (AvgIpc) is 2.81. The van der Waals surface area contributed by atoms with E-state index < -0.39 is 0 Å². The van der Waals surface area contributed by atoms with Crippen LogP contribution in [-0.4, -0.2) is 15.8 Å². The molecule has 0 aliphatic rings. The van der Waals surface area contributed by atoms with E-state index in [4.69, 9.17) is 9.97 Å². The van der Waals surface area contributed by atoms with Gasteiger partial charge in [0.05, 0.1) is 22.4 Å². The van der Waals surface area contributed by atoms with E-state index in [1.165, 1.54) is 12.8 Å². The van der Waals surface area contributed by atoms with Crippen LogP contribution in [-0.2, 0) is 0 Å². The monoisotopic (exact) mass is 394 g/mol. The fraction of sp³-hybridized carbons (Fsp3) is 0.222. The second-order valence-corrected chi connectivity index (χ2v) is 7.59. The molecule has 3 nitrogen and oxygen atoms in total. The lowest BCUT2D eigenvalue weighted by Crippen LogP contribution is -2.01. The third-order valence-electron chi connectivity index (χ3n) is 5.34. The van der Waals surface area contributed by atoms with Crippen molar-refractivity contribution in [2.75, 3.05) is 0 Å². The van der Waals surface area contributed by atoms with Crippen LogP contribution in [0, 0.1) is 0 Å². The molecule has 0 aliphatic carbocycles. The first-order valence-corrected chi connectivity index (χ1v) is 10.7. The van der Waals surface area contributed by atoms with E-state index in [1.54, 1.807) is 0 Å². The molecule has 1 heterocycles. The van der Waals surface area contributed by atoms with E-state index in [0.717, 1.165) is 52.0 Å². The number of aromatic nitrogens is 2. The van der Waals surface area contributed by atoms with Crippen LogP contribution < -0.4 is 0 Å². The van der Waals surface area contributed by atoms with Crippen molar-refractivity contribution in [3.63, 3.8) is 0 Å². The minimum absolute atomic E-state index is 0.184. The maximum atomic E-state index is 12.6. The van der Waals surface area contributed by atoms with Crippen molar-refractivity contribution >= 4 is 16.8 Å². The Balaban J connectivity index is 1.75. The first-order chi connectivity index (χ1) is 14.8. The molecule has 0 unspecified atom stereocenters. The van der Waals surface area contributed by atoms with Crippen LogP contribution in [0.3, 0.4) is 0 Å². The minimum atomic E-state index is 0.184. The van der Waals surface area contributed by atoms with Crippen molar-refractivity contribution in [1.82, 2.24) is 9.97 Å². The van der Waals surface area contributed by atoms with Crippen LogP contribution in [0.1, 0.15) is 49.4 Å². The summed E-state index contributed by atoms with van der Waals surface area (Å²) < 4.78 is 0. The number of carbonyl (C=O) groups excluding carboxylic acids is 1. The van der Waals surface area contributed by atoms with Gasteiger partial charge in [-0.25, -0.2) is 9.97 Å². The Morgan fingerprint density at radius 2 is 1.30 bits per heavy atom. The zero-order chi connectivity index (χ0) is 20.8. The molecule has 0 saturated heterocycles. The Kier molecular flexibility index (Phi) is 6.29. The van der Waals surface area contributed by atoms with Gasteiger partial charge in [0, 0.05) is 23.1 Å². The number of hydrogen-bond donors (Lipinski definition) is 0. The van der Waals surface area contributed by atoms with Gasteiger partial charge in [0.1, 0.15) is 0 Å². The number of ketones is 1. The maximum Gasteiger partial charge on any atom is 0.162 e. The summed E-state index contributed by atoms with van der Waals surface area (Å²) in [6.45, 7) is 2.18. The van der Waals surface area contributed by atoms with Crippen molar-refractivity contribution in [2.45, 2.75) is 39.0 Å². The molecule has 0 aliphatic heterocycles. The number of fused-ring (bicyclic) bond motifs is 1. The molecule has 3 heteroatoms. The predicted octanol–water partition coefficient (Wildman–Crippen LogP) is 7.12. The topological polar surface area (TPSA) is 42.9 Å². The molecule has 0 radical (unpaired) electrons. The zero-order valence-corrected chi connectivity index (χ0v) is 17.3. The van der Waals surface area contributed by atoms with Crippen LogP contribution in [0.25, 0.3) is 33.5 Å². The molecule has 0 fully saturated rings. The molecule has 0 N–H and O–H groups in total. The Morgan fingerprint density at radius 1 is 0.700 bits per heavy atom. The van der Waals surface area contributed by atoms with Gasteiger partial charge >= 0.3 is 0 Å². The van der Waals surface area contributed by atoms with Crippen molar-refractivity contribution < 1.29 is 4.79 Å². The molecule has 0 bridgehead atoms. The molecule has 0 atom stereocenters. The summed E-state index contributed by atoms with van der Waals surface area (Å²) in [5, 5.41) is 0. The highest BCUT2D eigenvalue weighted by Gasteiger charge is 2.14. The molecular weight excluding hydrogens is 368 g/mol. The lowest BCUT2D eigenvalue weighted by Gasteiger charge is -2.11. The van der Waals surface area contributed by atoms with Crippen LogP contribution in [0.15, 0.2) is 78.9 Å². The van der Waals surface area contributed by atoms with E-state index in [0.29, 0.717) is 6.42 Å². The summed E-state index contributed by atoms with van der Waals surface area (Å²) in [5.74, 6) is 0.184. The smallest absolute Gasteiger partial charge is 0.162 e. The highest BCUT2D eigenvalue weighted by Crippen LogP contribution is 2.31. The number of nitrogens with zero attached hydrogens (tertiary/aromatic N) is 2. The molecule has 0 saturated carbocycles. The normalized spacial score (nSPS) is 11.0. The molecule has 3 aromatic carbocycles. The molecule has 0 amide bonds. The summed E-state index contributed by atoms with van der Waals surface area (Å²) in [6, 6.07) is 25.9. The first-order valence-electron chi connectivity index (χ1n) is 10.7. The van der Waals surface area contributed by atoms with Gasteiger partial charge in [-0.15, -0.1) is 0 Å². The number of benzene rings is 3. The van der Waals surface area contributed by atoms with E-state index >= 15 is 0 Å². The highest BCUT2D eigenvalue weighted by atomic mass is 16.1. The number of unbranched alkanes of at least 4 members (excludes halogenated alkanes) is 3. The van der Waals surface area contributed by atoms with Gasteiger partial charge in [-0.05, 0) is 24.6 Å². The van der Waals surface area contributed by atoms with Gasteiger partial charge in [-0.1, -0.05) is 86.8 Å². The average molecular weight is 395 g/mol. The Hall–Kier alpha value is -3.33. The predicted molar refractivity (Wildman–Crippen MR) is 123 cm³/mol. The number of rotatable bonds is 8. The lowest BCUT2D eigenvalue weighted by molar-refractivity contribution is 0.0979. The number of carbonyl (C=O) groups is 1. The van der Waals surface area contributed by atoms with Gasteiger partial charge in [-0.2, -0.15) is 0 Å². The van der Waals surface area contributed by atoms with Crippen LogP contribution >= 0.6 is 0 Å². The van der Waals surface area contributed by atoms with E-state index in [1.807, 2.05) is 66.7 Å². The quantitative estimate of drug-likeness (QED) is 0.236. The second kappa shape index (κ2) is 9.45. The molecular formula is C27H26N2O. The largest absolute Gasteiger partial charge is 0.294 e. The van der Waals surface area contributed by atoms with Gasteiger partial charge in [0.2, 0.25) is 0 Å². The molecule has 4 aromatic rings. The SMILES string of the molecule is CCCCCCC(=O)c1ccc2nc(-c3ccccc3)c(-c3ccccc3)nc2c1. The third kappa shape index (κ3) is 4.46. The van der Waals surface area contributed by atoms with Crippen molar-refractivity contribution in [1.29, 1.82) is 0 Å². The summed E-state index contributed by atoms with van der Waals surface area (Å²) >= 11 is 0. The van der Waals surface area contributed by atoms with Gasteiger partial charge < -0.3 is 0 Å². The summed E-state index contributed by atoms with van der Waals surface area (Å²) in [4.78, 5) is 22.5. The van der Waals surface area contributed by atoms with Gasteiger partial charge in [0.15, 0.2) is 5.78 Å². The molecule has 4 rings (SSSR count). The fourth-order valence-electron chi connectivity index (χ4n) is 3.68. The molecule has 0 spiro atoms. The first kappa shape index (κ1) is 20.0. The minimum Gasteiger partial charge on any atom is -0.294 e. The number of hydrogen-bond acceptors (Lipinski definition) is 3. The lowest BCUT2D eigenvalue weighted by atomic mass is 10.0. The second-order valence-electron chi connectivity index (χ2n) is 7.59. The van der Waals surface area contributed by atoms with Crippen molar-refractivity contribution in [3.05, 3.63) is 84.4 Å². The third-order valence-corrected chi connectivity index (χ3v) is 5.34. The molecule has 30 heavy (non-hydrogen) atoms. The summed E-state index contributed by atoms with van der Waals surface area (Å²) in [7, 11) is 0. The van der Waals surface area contributed by atoms with Crippen molar-refractivity contribution in [3.8, 4) is 22.5 Å². The Labute approximate surface area is 177 Å². The van der Waals surface area contributed by atoms with E-state index in [9.17, 15) is 4.79 Å². The summed E-state index contributed by atoms with van der Waals surface area (Å²) in [5.41, 5.74) is 6.02. The van der Waals surface area contributed by atoms with Crippen LogP contribution in [0.2, 0.25) is 0 Å². The van der Waals surface area contributed by atoms with Gasteiger partial charge in [0.25, 0.3) is 0 Å². The zero-order valence-electron chi connectivity index (χ0n) is 17.3. The summed E-state index contributed by atoms with van der Waals surface area (Å²) in [6.07, 6.45) is 4.99. The van der Waals surface area contributed by atoms with Crippen molar-refractivity contribution in [2.24, 2.45) is 0 Å². The van der Waals surface area contributed by atoms with Crippen LogP contribution in [0.4, 0.5) is 0 Å². The standard InChI is InChI=1S/C27H26N2O/c1-2-3-4-11-16-25(30)22-17-18-23-24(19-22)29-27(21-14-9-6-10-15-21)26(28-23)20-12-7-5-8-13-20/h5-10,12-15,17-19H,2-4,11,16H2,1H3. The highest BCUT2D eigenvalue weighted by molar-refractivity contribution is 5.99. The van der Waals surface area contributed by atoms with Gasteiger partial charge in [-0.3, -0.25) is 4.79 Å². The van der Waals surface area contributed by atoms with E-state index in [-0.39, 0.29) is 5.78 Å². The molecule has 1 aromatic heterocycles.